The number of nitrogens with zero attached hydrogens (tertiary/aromatic N) is 1. The molecule has 0 unspecified atom stereocenters. The van der Waals surface area contributed by atoms with E-state index < -0.39 is 5.97 Å². The van der Waals surface area contributed by atoms with Gasteiger partial charge in [-0.25, -0.2) is 4.79 Å². The van der Waals surface area contributed by atoms with E-state index in [1.807, 2.05) is 19.9 Å². The van der Waals surface area contributed by atoms with Crippen LogP contribution >= 0.6 is 11.6 Å². The molecule has 0 bridgehead atoms. The lowest BCUT2D eigenvalue weighted by molar-refractivity contribution is -0.144. The highest BCUT2D eigenvalue weighted by molar-refractivity contribution is 6.32. The van der Waals surface area contributed by atoms with Crippen LogP contribution in [0.3, 0.4) is 0 Å². The highest BCUT2D eigenvalue weighted by atomic mass is 35.5. The summed E-state index contributed by atoms with van der Waals surface area (Å²) in [5.41, 5.74) is 2.62. The third kappa shape index (κ3) is 4.04. The van der Waals surface area contributed by atoms with Crippen LogP contribution in [0.25, 0.3) is 0 Å². The Labute approximate surface area is 151 Å². The molecule has 0 spiro atoms. The predicted octanol–water partition coefficient (Wildman–Crippen LogP) is 3.90. The Bertz CT molecular complexity index is 808. The number of Topliss-reactive ketones (excluding diaryl/α,β-unsaturated/α-hetero) is 1. The molecule has 1 heterocycles. The lowest BCUT2D eigenvalue weighted by atomic mass is 10.1. The smallest absolute Gasteiger partial charge is 0.344 e. The van der Waals surface area contributed by atoms with Gasteiger partial charge in [0.15, 0.2) is 13.2 Å². The number of para-hydroxylation sites is 1. The Kier molecular flexibility index (Phi) is 5.13. The second kappa shape index (κ2) is 7.31. The van der Waals surface area contributed by atoms with E-state index in [1.54, 1.807) is 24.3 Å². The fraction of sp³-hybridized carbons (Fsp3) is 0.368. The van der Waals surface area contributed by atoms with Crippen molar-refractivity contribution < 1.29 is 19.1 Å². The van der Waals surface area contributed by atoms with Crippen molar-refractivity contribution in [1.29, 1.82) is 0 Å². The average molecular weight is 362 g/mol. The van der Waals surface area contributed by atoms with Gasteiger partial charge in [0.1, 0.15) is 5.75 Å². The van der Waals surface area contributed by atoms with Gasteiger partial charge >= 0.3 is 5.97 Å². The molecule has 0 aliphatic heterocycles. The molecule has 0 atom stereocenters. The van der Waals surface area contributed by atoms with Gasteiger partial charge in [-0.3, -0.25) is 4.79 Å². The Morgan fingerprint density at radius 2 is 1.92 bits per heavy atom. The first-order valence-electron chi connectivity index (χ1n) is 8.22. The first-order chi connectivity index (χ1) is 12.0. The van der Waals surface area contributed by atoms with Gasteiger partial charge in [0.25, 0.3) is 0 Å². The molecule has 132 valence electrons. The molecule has 3 rings (SSSR count). The van der Waals surface area contributed by atoms with Crippen molar-refractivity contribution in [3.05, 3.63) is 52.3 Å². The van der Waals surface area contributed by atoms with Gasteiger partial charge in [0.05, 0.1) is 5.02 Å². The zero-order valence-electron chi connectivity index (χ0n) is 14.3. The van der Waals surface area contributed by atoms with E-state index in [-0.39, 0.29) is 19.0 Å². The predicted molar refractivity (Wildman–Crippen MR) is 94.4 cm³/mol. The molecule has 1 aliphatic rings. The number of aryl methyl sites for hydroxylation is 1. The second-order valence-corrected chi connectivity index (χ2v) is 6.60. The molecule has 1 aromatic heterocycles. The molecule has 1 saturated carbocycles. The molecule has 0 amide bonds. The molecule has 0 saturated heterocycles. The Balaban J connectivity index is 1.53. The number of hydrogen-bond acceptors (Lipinski definition) is 4. The summed E-state index contributed by atoms with van der Waals surface area (Å²) >= 11 is 5.95. The third-order valence-electron chi connectivity index (χ3n) is 4.24. The van der Waals surface area contributed by atoms with Crippen LogP contribution in [0.5, 0.6) is 5.75 Å². The summed E-state index contributed by atoms with van der Waals surface area (Å²) in [5, 5.41) is 0.416. The molecule has 2 aromatic rings. The number of ether oxygens (including phenoxy) is 2. The summed E-state index contributed by atoms with van der Waals surface area (Å²) in [5.74, 6) is -0.407. The minimum Gasteiger partial charge on any atom is -0.480 e. The standard InChI is InChI=1S/C19H20ClNO4/c1-12-9-15(13(2)21(12)14-7-8-14)17(22)10-25-19(23)11-24-18-6-4-3-5-16(18)20/h3-6,9,14H,7-8,10-11H2,1-2H3. The number of carbonyl (C=O) groups is 2. The average Bonchev–Trinajstić information content (AvgIpc) is 3.37. The number of rotatable bonds is 7. The number of aromatic nitrogens is 1. The van der Waals surface area contributed by atoms with E-state index in [2.05, 4.69) is 4.57 Å². The van der Waals surface area contributed by atoms with Gasteiger partial charge in [-0.1, -0.05) is 23.7 Å². The van der Waals surface area contributed by atoms with E-state index in [1.165, 1.54) is 0 Å². The minimum atomic E-state index is -0.607. The van der Waals surface area contributed by atoms with E-state index in [4.69, 9.17) is 21.1 Å². The summed E-state index contributed by atoms with van der Waals surface area (Å²) in [4.78, 5) is 24.1. The van der Waals surface area contributed by atoms with Crippen LogP contribution in [0.2, 0.25) is 5.02 Å². The maximum Gasteiger partial charge on any atom is 0.344 e. The SMILES string of the molecule is Cc1cc(C(=O)COC(=O)COc2ccccc2Cl)c(C)n1C1CC1. The highest BCUT2D eigenvalue weighted by Crippen LogP contribution is 2.38. The quantitative estimate of drug-likeness (QED) is 0.554. The Morgan fingerprint density at radius 1 is 1.20 bits per heavy atom. The summed E-state index contributed by atoms with van der Waals surface area (Å²) in [6.45, 7) is 3.34. The highest BCUT2D eigenvalue weighted by Gasteiger charge is 2.28. The number of esters is 1. The summed E-state index contributed by atoms with van der Waals surface area (Å²) in [7, 11) is 0. The maximum absolute atomic E-state index is 12.4. The first-order valence-corrected chi connectivity index (χ1v) is 8.59. The molecule has 6 heteroatoms. The van der Waals surface area contributed by atoms with E-state index in [0.717, 1.165) is 24.2 Å². The van der Waals surface area contributed by atoms with E-state index in [9.17, 15) is 9.59 Å². The van der Waals surface area contributed by atoms with Gasteiger partial charge in [-0.15, -0.1) is 0 Å². The van der Waals surface area contributed by atoms with Gasteiger partial charge in [-0.05, 0) is 44.9 Å². The molecule has 1 aliphatic carbocycles. The van der Waals surface area contributed by atoms with Gasteiger partial charge in [-0.2, -0.15) is 0 Å². The number of hydrogen-bond donors (Lipinski definition) is 0. The number of ketones is 1. The van der Waals surface area contributed by atoms with E-state index >= 15 is 0 Å². The van der Waals surface area contributed by atoms with E-state index in [0.29, 0.717) is 22.4 Å². The van der Waals surface area contributed by atoms with Crippen LogP contribution in [-0.4, -0.2) is 29.5 Å². The third-order valence-corrected chi connectivity index (χ3v) is 4.56. The summed E-state index contributed by atoms with van der Waals surface area (Å²) in [6.07, 6.45) is 2.30. The first kappa shape index (κ1) is 17.5. The van der Waals surface area contributed by atoms with Crippen molar-refractivity contribution in [2.45, 2.75) is 32.7 Å². The molecular weight excluding hydrogens is 342 g/mol. The number of benzene rings is 1. The monoisotopic (exact) mass is 361 g/mol. The van der Waals surface area contributed by atoms with Gasteiger partial charge in [0.2, 0.25) is 5.78 Å². The largest absolute Gasteiger partial charge is 0.480 e. The lowest BCUT2D eigenvalue weighted by Gasteiger charge is -2.09. The number of carbonyl (C=O) groups excluding carboxylic acids is 2. The minimum absolute atomic E-state index is 0.203. The fourth-order valence-corrected chi connectivity index (χ4v) is 3.11. The topological polar surface area (TPSA) is 57.5 Å². The van der Waals surface area contributed by atoms with Crippen LogP contribution in [0, 0.1) is 13.8 Å². The van der Waals surface area contributed by atoms with Crippen molar-refractivity contribution in [2.75, 3.05) is 13.2 Å². The van der Waals surface area contributed by atoms with Crippen LogP contribution in [-0.2, 0) is 9.53 Å². The summed E-state index contributed by atoms with van der Waals surface area (Å²) in [6, 6.07) is 9.22. The number of halogens is 1. The van der Waals surface area contributed by atoms with Crippen LogP contribution in [0.15, 0.2) is 30.3 Å². The molecule has 25 heavy (non-hydrogen) atoms. The molecule has 1 fully saturated rings. The van der Waals surface area contributed by atoms with Crippen LogP contribution in [0.4, 0.5) is 0 Å². The second-order valence-electron chi connectivity index (χ2n) is 6.19. The van der Waals surface area contributed by atoms with Crippen molar-refractivity contribution in [1.82, 2.24) is 4.57 Å². The van der Waals surface area contributed by atoms with Crippen molar-refractivity contribution >= 4 is 23.4 Å². The fourth-order valence-electron chi connectivity index (χ4n) is 2.92. The van der Waals surface area contributed by atoms with Crippen molar-refractivity contribution in [3.8, 4) is 5.75 Å². The molecule has 0 N–H and O–H groups in total. The Morgan fingerprint density at radius 3 is 2.60 bits per heavy atom. The molecule has 1 aromatic carbocycles. The lowest BCUT2D eigenvalue weighted by Crippen LogP contribution is -2.20. The zero-order chi connectivity index (χ0) is 18.0. The van der Waals surface area contributed by atoms with Crippen molar-refractivity contribution in [3.63, 3.8) is 0 Å². The van der Waals surface area contributed by atoms with Crippen molar-refractivity contribution in [2.24, 2.45) is 0 Å². The Hall–Kier alpha value is -2.27. The zero-order valence-corrected chi connectivity index (χ0v) is 15.0. The van der Waals surface area contributed by atoms with Crippen LogP contribution < -0.4 is 4.74 Å². The molecule has 5 nitrogen and oxygen atoms in total. The summed E-state index contributed by atoms with van der Waals surface area (Å²) < 4.78 is 12.5. The maximum atomic E-state index is 12.4. The van der Waals surface area contributed by atoms with Crippen LogP contribution in [0.1, 0.15) is 40.6 Å². The normalized spacial score (nSPS) is 13.6. The van der Waals surface area contributed by atoms with Gasteiger partial charge in [0, 0.05) is 23.0 Å². The molecule has 0 radical (unpaired) electrons. The molecular formula is C19H20ClNO4. The van der Waals surface area contributed by atoms with Gasteiger partial charge < -0.3 is 14.0 Å².